The summed E-state index contributed by atoms with van der Waals surface area (Å²) >= 11 is 0. The number of nitrogens with two attached hydrogens (primary N) is 1. The highest BCUT2D eigenvalue weighted by Gasteiger charge is 2.05. The lowest BCUT2D eigenvalue weighted by Crippen LogP contribution is -2.36. The van der Waals surface area contributed by atoms with Crippen molar-refractivity contribution < 1.29 is 0 Å². The second-order valence-corrected chi connectivity index (χ2v) is 3.09. The molecular formula is C9H16N4. The first kappa shape index (κ1) is 11.9. The van der Waals surface area contributed by atoms with E-state index in [2.05, 4.69) is 17.0 Å². The maximum Gasteiger partial charge on any atom is 0.0635 e. The SMILES string of the molecule is CC(N)CN(CCC#N)CCC#N. The predicted octanol–water partition coefficient (Wildman–Crippen LogP) is 0.463. The molecule has 4 heteroatoms. The largest absolute Gasteiger partial charge is 0.327 e. The van der Waals surface area contributed by atoms with E-state index >= 15 is 0 Å². The quantitative estimate of drug-likeness (QED) is 0.644. The van der Waals surface area contributed by atoms with Crippen molar-refractivity contribution in [2.45, 2.75) is 25.8 Å². The molecule has 0 aromatic carbocycles. The van der Waals surface area contributed by atoms with Crippen LogP contribution in [0, 0.1) is 22.7 Å². The van der Waals surface area contributed by atoms with Crippen LogP contribution in [0.2, 0.25) is 0 Å². The normalized spacial score (nSPS) is 12.1. The van der Waals surface area contributed by atoms with Gasteiger partial charge in [0.25, 0.3) is 0 Å². The molecule has 0 rings (SSSR count). The smallest absolute Gasteiger partial charge is 0.0635 e. The fourth-order valence-corrected chi connectivity index (χ4v) is 1.12. The highest BCUT2D eigenvalue weighted by molar-refractivity contribution is 4.77. The van der Waals surface area contributed by atoms with Crippen LogP contribution in [0.4, 0.5) is 0 Å². The Morgan fingerprint density at radius 1 is 1.23 bits per heavy atom. The second-order valence-electron chi connectivity index (χ2n) is 3.09. The third kappa shape index (κ3) is 7.27. The molecule has 0 radical (unpaired) electrons. The Balaban J connectivity index is 3.75. The zero-order chi connectivity index (χ0) is 10.1. The van der Waals surface area contributed by atoms with Crippen LogP contribution < -0.4 is 5.73 Å². The van der Waals surface area contributed by atoms with E-state index in [1.165, 1.54) is 0 Å². The fourth-order valence-electron chi connectivity index (χ4n) is 1.12. The first-order chi connectivity index (χ1) is 6.20. The predicted molar refractivity (Wildman–Crippen MR) is 50.5 cm³/mol. The average molecular weight is 180 g/mol. The van der Waals surface area contributed by atoms with Crippen molar-refractivity contribution >= 4 is 0 Å². The summed E-state index contributed by atoms with van der Waals surface area (Å²) in [6.07, 6.45) is 0.996. The molecular weight excluding hydrogens is 164 g/mol. The molecule has 1 atom stereocenters. The molecule has 13 heavy (non-hydrogen) atoms. The van der Waals surface area contributed by atoms with Crippen LogP contribution in [-0.4, -0.2) is 30.6 Å². The Morgan fingerprint density at radius 3 is 2.00 bits per heavy atom. The van der Waals surface area contributed by atoms with Crippen molar-refractivity contribution in [2.75, 3.05) is 19.6 Å². The maximum atomic E-state index is 8.40. The minimum atomic E-state index is 0.0948. The minimum Gasteiger partial charge on any atom is -0.327 e. The summed E-state index contributed by atoms with van der Waals surface area (Å²) in [5, 5.41) is 16.8. The summed E-state index contributed by atoms with van der Waals surface area (Å²) in [6.45, 7) is 4.09. The molecule has 1 unspecified atom stereocenters. The van der Waals surface area contributed by atoms with Crippen molar-refractivity contribution in [3.63, 3.8) is 0 Å². The van der Waals surface area contributed by atoms with Gasteiger partial charge >= 0.3 is 0 Å². The molecule has 0 amide bonds. The molecule has 4 nitrogen and oxygen atoms in total. The van der Waals surface area contributed by atoms with Crippen LogP contribution in [-0.2, 0) is 0 Å². The lowest BCUT2D eigenvalue weighted by Gasteiger charge is -2.21. The molecule has 0 aromatic rings. The number of nitriles is 2. The Bertz CT molecular complexity index is 181. The summed E-state index contributed by atoms with van der Waals surface area (Å²) in [7, 11) is 0. The molecule has 0 spiro atoms. The van der Waals surface area contributed by atoms with E-state index in [1.807, 2.05) is 6.92 Å². The number of rotatable bonds is 6. The molecule has 0 aliphatic carbocycles. The molecule has 0 aliphatic heterocycles. The van der Waals surface area contributed by atoms with E-state index in [0.717, 1.165) is 6.54 Å². The van der Waals surface area contributed by atoms with E-state index < -0.39 is 0 Å². The first-order valence-corrected chi connectivity index (χ1v) is 4.42. The molecule has 0 fully saturated rings. The summed E-state index contributed by atoms with van der Waals surface area (Å²) < 4.78 is 0. The van der Waals surface area contributed by atoms with Crippen LogP contribution in [0.3, 0.4) is 0 Å². The lowest BCUT2D eigenvalue weighted by molar-refractivity contribution is 0.272. The van der Waals surface area contributed by atoms with Gasteiger partial charge in [-0.15, -0.1) is 0 Å². The Labute approximate surface area is 79.5 Å². The van der Waals surface area contributed by atoms with E-state index in [9.17, 15) is 0 Å². The summed E-state index contributed by atoms with van der Waals surface area (Å²) in [4.78, 5) is 2.05. The van der Waals surface area contributed by atoms with Crippen LogP contribution in [0.15, 0.2) is 0 Å². The van der Waals surface area contributed by atoms with Gasteiger partial charge in [0.05, 0.1) is 12.1 Å². The Hall–Kier alpha value is -1.10. The lowest BCUT2D eigenvalue weighted by atomic mass is 10.3. The van der Waals surface area contributed by atoms with Crippen molar-refractivity contribution in [1.29, 1.82) is 10.5 Å². The van der Waals surface area contributed by atoms with Crippen molar-refractivity contribution in [2.24, 2.45) is 5.73 Å². The van der Waals surface area contributed by atoms with Gasteiger partial charge in [0, 0.05) is 38.5 Å². The molecule has 2 N–H and O–H groups in total. The minimum absolute atomic E-state index is 0.0948. The van der Waals surface area contributed by atoms with Crippen LogP contribution in [0.25, 0.3) is 0 Å². The van der Waals surface area contributed by atoms with Crippen LogP contribution >= 0.6 is 0 Å². The van der Waals surface area contributed by atoms with Gasteiger partial charge in [0.1, 0.15) is 0 Å². The third-order valence-electron chi connectivity index (χ3n) is 1.63. The molecule has 0 bridgehead atoms. The van der Waals surface area contributed by atoms with Gasteiger partial charge in [-0.05, 0) is 6.92 Å². The zero-order valence-corrected chi connectivity index (χ0v) is 8.03. The third-order valence-corrected chi connectivity index (χ3v) is 1.63. The topological polar surface area (TPSA) is 76.8 Å². The van der Waals surface area contributed by atoms with Gasteiger partial charge in [-0.2, -0.15) is 10.5 Å². The maximum absolute atomic E-state index is 8.40. The molecule has 0 heterocycles. The molecule has 0 aromatic heterocycles. The van der Waals surface area contributed by atoms with Crippen molar-refractivity contribution in [3.05, 3.63) is 0 Å². The fraction of sp³-hybridized carbons (Fsp3) is 0.778. The van der Waals surface area contributed by atoms with Crippen LogP contribution in [0.5, 0.6) is 0 Å². The number of nitrogens with zero attached hydrogens (tertiary/aromatic N) is 3. The van der Waals surface area contributed by atoms with E-state index in [4.69, 9.17) is 16.3 Å². The van der Waals surface area contributed by atoms with Gasteiger partial charge in [-0.25, -0.2) is 0 Å². The van der Waals surface area contributed by atoms with Gasteiger partial charge < -0.3 is 5.73 Å². The van der Waals surface area contributed by atoms with E-state index in [1.54, 1.807) is 0 Å². The van der Waals surface area contributed by atoms with Crippen molar-refractivity contribution in [1.82, 2.24) is 4.90 Å². The number of hydrogen-bond acceptors (Lipinski definition) is 4. The molecule has 0 saturated heterocycles. The van der Waals surface area contributed by atoms with Gasteiger partial charge in [0.2, 0.25) is 0 Å². The summed E-state index contributed by atoms with van der Waals surface area (Å²) in [5.41, 5.74) is 5.63. The Kier molecular flexibility index (Phi) is 6.91. The van der Waals surface area contributed by atoms with Crippen LogP contribution in [0.1, 0.15) is 19.8 Å². The van der Waals surface area contributed by atoms with E-state index in [0.29, 0.717) is 25.9 Å². The highest BCUT2D eigenvalue weighted by Crippen LogP contribution is 1.94. The molecule has 0 aliphatic rings. The average Bonchev–Trinajstić information content (AvgIpc) is 2.09. The van der Waals surface area contributed by atoms with Gasteiger partial charge in [0.15, 0.2) is 0 Å². The second kappa shape index (κ2) is 7.54. The molecule has 0 saturated carbocycles. The number of hydrogen-bond donors (Lipinski definition) is 1. The monoisotopic (exact) mass is 180 g/mol. The summed E-state index contributed by atoms with van der Waals surface area (Å²) in [6, 6.07) is 4.26. The van der Waals surface area contributed by atoms with Crippen molar-refractivity contribution in [3.8, 4) is 12.1 Å². The van der Waals surface area contributed by atoms with E-state index in [-0.39, 0.29) is 6.04 Å². The zero-order valence-electron chi connectivity index (χ0n) is 8.03. The first-order valence-electron chi connectivity index (χ1n) is 4.42. The Morgan fingerprint density at radius 2 is 1.69 bits per heavy atom. The highest BCUT2D eigenvalue weighted by atomic mass is 15.1. The molecule has 72 valence electrons. The standard InChI is InChI=1S/C9H16N4/c1-9(12)8-13(6-2-4-10)7-3-5-11/h9H,2-3,6-8,12H2,1H3. The van der Waals surface area contributed by atoms with Gasteiger partial charge in [-0.1, -0.05) is 0 Å². The summed E-state index contributed by atoms with van der Waals surface area (Å²) in [5.74, 6) is 0. The van der Waals surface area contributed by atoms with Gasteiger partial charge in [-0.3, -0.25) is 4.90 Å².